The van der Waals surface area contributed by atoms with E-state index in [1.54, 1.807) is 25.8 Å². The third-order valence-corrected chi connectivity index (χ3v) is 2.47. The number of halogens is 1. The van der Waals surface area contributed by atoms with E-state index < -0.39 is 5.60 Å². The number of aromatic nitrogens is 2. The highest BCUT2D eigenvalue weighted by Gasteiger charge is 2.28. The normalized spacial score (nSPS) is 15.5. The van der Waals surface area contributed by atoms with E-state index in [4.69, 9.17) is 16.3 Å². The lowest BCUT2D eigenvalue weighted by Crippen LogP contribution is -2.26. The molecule has 0 amide bonds. The van der Waals surface area contributed by atoms with E-state index in [9.17, 15) is 5.11 Å². The molecule has 0 spiro atoms. The monoisotopic (exact) mass is 218 g/mol. The van der Waals surface area contributed by atoms with E-state index in [2.05, 4.69) is 5.10 Å². The molecular weight excluding hydrogens is 204 g/mol. The van der Waals surface area contributed by atoms with Gasteiger partial charge in [0.1, 0.15) is 5.60 Å². The van der Waals surface area contributed by atoms with Gasteiger partial charge in [0.05, 0.1) is 16.9 Å². The van der Waals surface area contributed by atoms with Crippen molar-refractivity contribution >= 4 is 11.6 Å². The van der Waals surface area contributed by atoms with Crippen LogP contribution in [0.4, 0.5) is 0 Å². The van der Waals surface area contributed by atoms with Crippen LogP contribution in [-0.4, -0.2) is 28.6 Å². The molecule has 0 saturated heterocycles. The van der Waals surface area contributed by atoms with Crippen molar-refractivity contribution in [2.45, 2.75) is 18.9 Å². The van der Waals surface area contributed by atoms with Gasteiger partial charge in [-0.25, -0.2) is 0 Å². The lowest BCUT2D eigenvalue weighted by molar-refractivity contribution is 0.0144. The molecule has 0 saturated carbocycles. The maximum absolute atomic E-state index is 10.1. The molecule has 5 heteroatoms. The molecule has 14 heavy (non-hydrogen) atoms. The van der Waals surface area contributed by atoms with Crippen LogP contribution in [0, 0.1) is 0 Å². The number of aliphatic hydroxyl groups is 1. The molecule has 1 atom stereocenters. The molecular formula is C9H15ClN2O2. The Morgan fingerprint density at radius 2 is 2.36 bits per heavy atom. The van der Waals surface area contributed by atoms with E-state index in [0.29, 0.717) is 23.7 Å². The largest absolute Gasteiger partial charge is 0.385 e. The van der Waals surface area contributed by atoms with Gasteiger partial charge < -0.3 is 9.84 Å². The predicted octanol–water partition coefficient (Wildman–Crippen LogP) is 1.32. The van der Waals surface area contributed by atoms with Crippen molar-refractivity contribution in [2.24, 2.45) is 7.05 Å². The molecule has 0 fully saturated rings. The molecule has 0 aliphatic rings. The van der Waals surface area contributed by atoms with Gasteiger partial charge in [0.15, 0.2) is 0 Å². The van der Waals surface area contributed by atoms with Gasteiger partial charge in [0.25, 0.3) is 0 Å². The highest BCUT2D eigenvalue weighted by Crippen LogP contribution is 2.29. The first kappa shape index (κ1) is 11.5. The van der Waals surface area contributed by atoms with E-state index in [1.807, 2.05) is 0 Å². The fraction of sp³-hybridized carbons (Fsp3) is 0.667. The van der Waals surface area contributed by atoms with Gasteiger partial charge in [-0.05, 0) is 6.92 Å². The summed E-state index contributed by atoms with van der Waals surface area (Å²) in [6, 6.07) is 0. The summed E-state index contributed by atoms with van der Waals surface area (Å²) in [5.41, 5.74) is -0.380. The Hall–Kier alpha value is -0.580. The van der Waals surface area contributed by atoms with Crippen LogP contribution in [0.3, 0.4) is 0 Å². The van der Waals surface area contributed by atoms with E-state index in [1.165, 1.54) is 6.20 Å². The van der Waals surface area contributed by atoms with Crippen molar-refractivity contribution < 1.29 is 9.84 Å². The molecule has 0 bridgehead atoms. The first-order chi connectivity index (χ1) is 6.49. The summed E-state index contributed by atoms with van der Waals surface area (Å²) in [6.07, 6.45) is 2.01. The molecule has 0 aliphatic heterocycles. The number of aryl methyl sites for hydroxylation is 1. The van der Waals surface area contributed by atoms with Crippen molar-refractivity contribution in [1.82, 2.24) is 9.78 Å². The zero-order valence-corrected chi connectivity index (χ0v) is 9.38. The Morgan fingerprint density at radius 1 is 1.71 bits per heavy atom. The van der Waals surface area contributed by atoms with Gasteiger partial charge in [-0.15, -0.1) is 0 Å². The quantitative estimate of drug-likeness (QED) is 0.829. The summed E-state index contributed by atoms with van der Waals surface area (Å²) in [4.78, 5) is 0. The number of nitrogens with zero attached hydrogens (tertiary/aromatic N) is 2. The summed E-state index contributed by atoms with van der Waals surface area (Å²) in [7, 11) is 3.35. The Morgan fingerprint density at radius 3 is 2.79 bits per heavy atom. The number of hydrogen-bond acceptors (Lipinski definition) is 3. The Labute approximate surface area is 88.4 Å². The van der Waals surface area contributed by atoms with Crippen LogP contribution in [0.25, 0.3) is 0 Å². The zero-order valence-electron chi connectivity index (χ0n) is 8.62. The van der Waals surface area contributed by atoms with Crippen molar-refractivity contribution in [3.8, 4) is 0 Å². The molecule has 1 aromatic rings. The molecule has 0 aliphatic carbocycles. The Kier molecular flexibility index (Phi) is 3.53. The minimum atomic E-state index is -1.00. The average Bonchev–Trinajstić information content (AvgIpc) is 2.43. The lowest BCUT2D eigenvalue weighted by Gasteiger charge is -2.23. The van der Waals surface area contributed by atoms with Crippen LogP contribution in [0.5, 0.6) is 0 Å². The zero-order chi connectivity index (χ0) is 10.8. The molecule has 0 aromatic carbocycles. The molecule has 1 heterocycles. The number of ether oxygens (including phenoxy) is 1. The third-order valence-electron chi connectivity index (χ3n) is 2.20. The maximum atomic E-state index is 10.1. The molecule has 1 unspecified atom stereocenters. The summed E-state index contributed by atoms with van der Waals surface area (Å²) in [5, 5.41) is 14.6. The van der Waals surface area contributed by atoms with Crippen LogP contribution < -0.4 is 0 Å². The molecule has 4 nitrogen and oxygen atoms in total. The topological polar surface area (TPSA) is 47.3 Å². The summed E-state index contributed by atoms with van der Waals surface area (Å²) >= 11 is 5.92. The van der Waals surface area contributed by atoms with E-state index in [0.717, 1.165) is 0 Å². The first-order valence-corrected chi connectivity index (χ1v) is 4.76. The first-order valence-electron chi connectivity index (χ1n) is 4.38. The van der Waals surface area contributed by atoms with Crippen molar-refractivity contribution in [3.63, 3.8) is 0 Å². The highest BCUT2D eigenvalue weighted by molar-refractivity contribution is 6.31. The molecule has 0 radical (unpaired) electrons. The van der Waals surface area contributed by atoms with Gasteiger partial charge in [0, 0.05) is 27.2 Å². The predicted molar refractivity (Wildman–Crippen MR) is 54.3 cm³/mol. The van der Waals surface area contributed by atoms with Gasteiger partial charge in [-0.2, -0.15) is 5.10 Å². The molecule has 1 aromatic heterocycles. The second kappa shape index (κ2) is 4.29. The number of rotatable bonds is 4. The SMILES string of the molecule is COCCC(C)(O)c1c(Cl)cnn1C. The minimum Gasteiger partial charge on any atom is -0.385 e. The van der Waals surface area contributed by atoms with E-state index >= 15 is 0 Å². The van der Waals surface area contributed by atoms with Gasteiger partial charge in [-0.3, -0.25) is 4.68 Å². The summed E-state index contributed by atoms with van der Waals surface area (Å²) in [5.74, 6) is 0. The van der Waals surface area contributed by atoms with Gasteiger partial charge >= 0.3 is 0 Å². The summed E-state index contributed by atoms with van der Waals surface area (Å²) in [6.45, 7) is 2.18. The number of hydrogen-bond donors (Lipinski definition) is 1. The number of methoxy groups -OCH3 is 1. The van der Waals surface area contributed by atoms with E-state index in [-0.39, 0.29) is 0 Å². The standard InChI is InChI=1S/C9H15ClN2O2/c1-9(13,4-5-14-3)8-7(10)6-11-12(8)2/h6,13H,4-5H2,1-3H3. The molecule has 80 valence electrons. The fourth-order valence-corrected chi connectivity index (χ4v) is 1.81. The molecule has 1 rings (SSSR count). The van der Waals surface area contributed by atoms with Crippen molar-refractivity contribution in [1.29, 1.82) is 0 Å². The van der Waals surface area contributed by atoms with Crippen molar-refractivity contribution in [3.05, 3.63) is 16.9 Å². The maximum Gasteiger partial charge on any atom is 0.107 e. The van der Waals surface area contributed by atoms with Crippen LogP contribution in [0.1, 0.15) is 19.0 Å². The second-order valence-corrected chi connectivity index (χ2v) is 3.89. The highest BCUT2D eigenvalue weighted by atomic mass is 35.5. The molecule has 1 N–H and O–H groups in total. The summed E-state index contributed by atoms with van der Waals surface area (Å²) < 4.78 is 6.50. The van der Waals surface area contributed by atoms with Crippen LogP contribution >= 0.6 is 11.6 Å². The fourth-order valence-electron chi connectivity index (χ4n) is 1.44. The van der Waals surface area contributed by atoms with Crippen LogP contribution in [-0.2, 0) is 17.4 Å². The Bertz CT molecular complexity index is 290. The van der Waals surface area contributed by atoms with Crippen molar-refractivity contribution in [2.75, 3.05) is 13.7 Å². The smallest absolute Gasteiger partial charge is 0.107 e. The van der Waals surface area contributed by atoms with Gasteiger partial charge in [0.2, 0.25) is 0 Å². The third kappa shape index (κ3) is 2.26. The lowest BCUT2D eigenvalue weighted by atomic mass is 9.98. The van der Waals surface area contributed by atoms with Gasteiger partial charge in [-0.1, -0.05) is 11.6 Å². The van der Waals surface area contributed by atoms with Crippen LogP contribution in [0.15, 0.2) is 6.20 Å². The Balaban J connectivity index is 2.90. The van der Waals surface area contributed by atoms with Crippen LogP contribution in [0.2, 0.25) is 5.02 Å². The average molecular weight is 219 g/mol. The minimum absolute atomic E-state index is 0.480. The second-order valence-electron chi connectivity index (χ2n) is 3.48.